The van der Waals surface area contributed by atoms with Crippen molar-refractivity contribution in [1.29, 1.82) is 0 Å². The quantitative estimate of drug-likeness (QED) is 0.645. The summed E-state index contributed by atoms with van der Waals surface area (Å²) in [6.07, 6.45) is 0.422. The minimum Gasteiger partial charge on any atom is -0.374 e. The van der Waals surface area contributed by atoms with Gasteiger partial charge in [0, 0.05) is 17.6 Å². The Hall–Kier alpha value is -2.19. The molecule has 0 saturated carbocycles. The van der Waals surface area contributed by atoms with Crippen LogP contribution in [0.2, 0.25) is 0 Å². The standard InChI is InChI=1S/C17H19N5OS2/c1-10-3-4-13-12(7-10)11(2)8-15(20-13)24-6-5-14(23)19-9-16-21-22-17(18)25-16/h3-4,7-8H,5-6,9H2,1-2H3,(H2,18,22)(H,19,23). The Kier molecular flexibility index (Phi) is 5.50. The number of fused-ring (bicyclic) bond motifs is 1. The molecule has 2 aromatic heterocycles. The van der Waals surface area contributed by atoms with E-state index in [2.05, 4.69) is 52.5 Å². The third-order valence-electron chi connectivity index (χ3n) is 3.65. The van der Waals surface area contributed by atoms with Gasteiger partial charge in [0.2, 0.25) is 11.0 Å². The monoisotopic (exact) mass is 373 g/mol. The van der Waals surface area contributed by atoms with Crippen LogP contribution in [0.4, 0.5) is 5.13 Å². The van der Waals surface area contributed by atoms with Gasteiger partial charge in [-0.05, 0) is 37.6 Å². The van der Waals surface area contributed by atoms with Gasteiger partial charge in [-0.2, -0.15) is 0 Å². The summed E-state index contributed by atoms with van der Waals surface area (Å²) in [4.78, 5) is 16.6. The SMILES string of the molecule is Cc1ccc2nc(SCCC(=O)NCc3nnc(N)s3)cc(C)c2c1. The molecule has 1 amide bonds. The molecular weight excluding hydrogens is 354 g/mol. The molecule has 130 valence electrons. The summed E-state index contributed by atoms with van der Waals surface area (Å²) in [5, 5.41) is 13.7. The maximum Gasteiger partial charge on any atom is 0.221 e. The zero-order valence-corrected chi connectivity index (χ0v) is 15.7. The molecule has 0 atom stereocenters. The van der Waals surface area contributed by atoms with Crippen molar-refractivity contribution >= 4 is 45.0 Å². The first-order valence-electron chi connectivity index (χ1n) is 7.86. The topological polar surface area (TPSA) is 93.8 Å². The van der Waals surface area contributed by atoms with Crippen LogP contribution >= 0.6 is 23.1 Å². The maximum absolute atomic E-state index is 11.9. The molecule has 0 bridgehead atoms. The highest BCUT2D eigenvalue weighted by Crippen LogP contribution is 2.24. The average Bonchev–Trinajstić information content (AvgIpc) is 2.99. The van der Waals surface area contributed by atoms with Crippen LogP contribution in [-0.4, -0.2) is 26.8 Å². The van der Waals surface area contributed by atoms with E-state index in [1.54, 1.807) is 11.8 Å². The number of nitrogen functional groups attached to an aromatic ring is 1. The number of hydrogen-bond donors (Lipinski definition) is 2. The lowest BCUT2D eigenvalue weighted by atomic mass is 10.1. The first-order chi connectivity index (χ1) is 12.0. The predicted octanol–water partition coefficient (Wildman–Crippen LogP) is 3.08. The van der Waals surface area contributed by atoms with Crippen LogP contribution in [0.1, 0.15) is 22.6 Å². The molecular formula is C17H19N5OS2. The number of hydrogen-bond acceptors (Lipinski definition) is 7. The van der Waals surface area contributed by atoms with Crippen LogP contribution in [0.5, 0.6) is 0 Å². The Labute approximate surface area is 154 Å². The average molecular weight is 374 g/mol. The van der Waals surface area contributed by atoms with E-state index in [4.69, 9.17) is 5.73 Å². The van der Waals surface area contributed by atoms with E-state index in [0.717, 1.165) is 10.5 Å². The van der Waals surface area contributed by atoms with E-state index in [0.29, 0.717) is 28.9 Å². The molecule has 0 fully saturated rings. The zero-order valence-electron chi connectivity index (χ0n) is 14.1. The smallest absolute Gasteiger partial charge is 0.221 e. The van der Waals surface area contributed by atoms with Crippen molar-refractivity contribution < 1.29 is 4.79 Å². The van der Waals surface area contributed by atoms with Gasteiger partial charge in [-0.25, -0.2) is 4.98 Å². The molecule has 25 heavy (non-hydrogen) atoms. The lowest BCUT2D eigenvalue weighted by Gasteiger charge is -2.07. The molecule has 3 rings (SSSR count). The minimum absolute atomic E-state index is 0.0191. The molecule has 3 N–H and O–H groups in total. The lowest BCUT2D eigenvalue weighted by Crippen LogP contribution is -2.22. The summed E-state index contributed by atoms with van der Waals surface area (Å²) in [6, 6.07) is 8.34. The molecule has 6 nitrogen and oxygen atoms in total. The number of pyridine rings is 1. The second-order valence-electron chi connectivity index (χ2n) is 5.71. The Bertz CT molecular complexity index is 909. The largest absolute Gasteiger partial charge is 0.374 e. The number of amides is 1. The van der Waals surface area contributed by atoms with E-state index in [9.17, 15) is 4.79 Å². The van der Waals surface area contributed by atoms with E-state index in [1.165, 1.54) is 27.8 Å². The highest BCUT2D eigenvalue weighted by molar-refractivity contribution is 7.99. The molecule has 8 heteroatoms. The van der Waals surface area contributed by atoms with Crippen molar-refractivity contribution in [2.45, 2.75) is 31.8 Å². The maximum atomic E-state index is 11.9. The molecule has 0 aliphatic carbocycles. The van der Waals surface area contributed by atoms with E-state index < -0.39 is 0 Å². The third kappa shape index (κ3) is 4.67. The number of rotatable bonds is 6. The third-order valence-corrected chi connectivity index (χ3v) is 5.31. The fraction of sp³-hybridized carbons (Fsp3) is 0.294. The highest BCUT2D eigenvalue weighted by Gasteiger charge is 2.07. The van der Waals surface area contributed by atoms with Gasteiger partial charge in [0.1, 0.15) is 5.01 Å². The first kappa shape index (κ1) is 17.6. The second kappa shape index (κ2) is 7.79. The summed E-state index contributed by atoms with van der Waals surface area (Å²) < 4.78 is 0. The second-order valence-corrected chi connectivity index (χ2v) is 7.92. The summed E-state index contributed by atoms with van der Waals surface area (Å²) in [5.41, 5.74) is 8.94. The minimum atomic E-state index is -0.0191. The number of nitrogens with zero attached hydrogens (tertiary/aromatic N) is 3. The van der Waals surface area contributed by atoms with Crippen molar-refractivity contribution in [3.8, 4) is 0 Å². The van der Waals surface area contributed by atoms with Gasteiger partial charge in [-0.1, -0.05) is 23.0 Å². The molecule has 3 aromatic rings. The fourth-order valence-electron chi connectivity index (χ4n) is 2.40. The van der Waals surface area contributed by atoms with Gasteiger partial charge in [-0.3, -0.25) is 4.79 Å². The molecule has 0 saturated heterocycles. The molecule has 0 radical (unpaired) electrons. The van der Waals surface area contributed by atoms with Crippen molar-refractivity contribution in [3.63, 3.8) is 0 Å². The number of aryl methyl sites for hydroxylation is 2. The van der Waals surface area contributed by atoms with Crippen molar-refractivity contribution in [2.75, 3.05) is 11.5 Å². The molecule has 0 unspecified atom stereocenters. The molecule has 0 spiro atoms. The van der Waals surface area contributed by atoms with E-state index >= 15 is 0 Å². The molecule has 0 aliphatic heterocycles. The number of anilines is 1. The zero-order chi connectivity index (χ0) is 17.8. The van der Waals surface area contributed by atoms with Crippen molar-refractivity contribution in [2.24, 2.45) is 0 Å². The van der Waals surface area contributed by atoms with Gasteiger partial charge in [0.05, 0.1) is 17.1 Å². The highest BCUT2D eigenvalue weighted by atomic mass is 32.2. The van der Waals surface area contributed by atoms with Crippen molar-refractivity contribution in [3.05, 3.63) is 40.4 Å². The van der Waals surface area contributed by atoms with Crippen LogP contribution in [0.3, 0.4) is 0 Å². The van der Waals surface area contributed by atoms with Crippen molar-refractivity contribution in [1.82, 2.24) is 20.5 Å². The number of nitrogens with two attached hydrogens (primary N) is 1. The number of benzene rings is 1. The van der Waals surface area contributed by atoms with Gasteiger partial charge >= 0.3 is 0 Å². The van der Waals surface area contributed by atoms with Crippen LogP contribution < -0.4 is 11.1 Å². The molecule has 1 aromatic carbocycles. The summed E-state index contributed by atoms with van der Waals surface area (Å²) in [5.74, 6) is 0.655. The van der Waals surface area contributed by atoms with Gasteiger partial charge in [0.25, 0.3) is 0 Å². The predicted molar refractivity (Wildman–Crippen MR) is 103 cm³/mol. The fourth-order valence-corrected chi connectivity index (χ4v) is 3.87. The van der Waals surface area contributed by atoms with Gasteiger partial charge in [0.15, 0.2) is 0 Å². The van der Waals surface area contributed by atoms with Gasteiger partial charge in [-0.15, -0.1) is 22.0 Å². The number of carbonyl (C=O) groups excluding carboxylic acids is 1. The summed E-state index contributed by atoms with van der Waals surface area (Å²) in [7, 11) is 0. The first-order valence-corrected chi connectivity index (χ1v) is 9.67. The summed E-state index contributed by atoms with van der Waals surface area (Å²) >= 11 is 2.87. The molecule has 2 heterocycles. The van der Waals surface area contributed by atoms with Crippen LogP contribution in [0.25, 0.3) is 10.9 Å². The lowest BCUT2D eigenvalue weighted by molar-refractivity contribution is -0.120. The molecule has 0 aliphatic rings. The Morgan fingerprint density at radius 1 is 1.28 bits per heavy atom. The Balaban J connectivity index is 1.52. The van der Waals surface area contributed by atoms with Crippen LogP contribution in [0, 0.1) is 13.8 Å². The number of aromatic nitrogens is 3. The normalized spacial score (nSPS) is 11.0. The Morgan fingerprint density at radius 2 is 2.12 bits per heavy atom. The van der Waals surface area contributed by atoms with Gasteiger partial charge < -0.3 is 11.1 Å². The van der Waals surface area contributed by atoms with E-state index in [1.807, 2.05) is 6.07 Å². The number of carbonyl (C=O) groups is 1. The van der Waals surface area contributed by atoms with E-state index in [-0.39, 0.29) is 5.91 Å². The Morgan fingerprint density at radius 3 is 2.88 bits per heavy atom. The number of thioether (sulfide) groups is 1. The van der Waals surface area contributed by atoms with Crippen LogP contribution in [0.15, 0.2) is 29.3 Å². The summed E-state index contributed by atoms with van der Waals surface area (Å²) in [6.45, 7) is 4.54. The number of nitrogens with one attached hydrogen (secondary N) is 1. The van der Waals surface area contributed by atoms with Crippen LogP contribution in [-0.2, 0) is 11.3 Å².